The summed E-state index contributed by atoms with van der Waals surface area (Å²) in [7, 11) is 0. The summed E-state index contributed by atoms with van der Waals surface area (Å²) in [4.78, 5) is 75.6. The zero-order valence-corrected chi connectivity index (χ0v) is 26.8. The van der Waals surface area contributed by atoms with Crippen LogP contribution in [0.1, 0.15) is 87.9 Å². The molecule has 1 saturated carbocycles. The molecular formula is C33H40N8O6. The summed E-state index contributed by atoms with van der Waals surface area (Å²) in [6, 6.07) is 6.10. The fourth-order valence-corrected chi connectivity index (χ4v) is 6.48. The van der Waals surface area contributed by atoms with E-state index in [4.69, 9.17) is 5.73 Å². The number of hydrogen-bond donors (Lipinski definition) is 3. The molecule has 14 heteroatoms. The lowest BCUT2D eigenvalue weighted by Crippen LogP contribution is -2.52. The third kappa shape index (κ3) is 7.43. The van der Waals surface area contributed by atoms with E-state index in [1.54, 1.807) is 32.0 Å². The van der Waals surface area contributed by atoms with E-state index in [1.165, 1.54) is 28.9 Å². The number of carbonyl (C=O) groups is 5. The van der Waals surface area contributed by atoms with E-state index in [2.05, 4.69) is 25.6 Å². The van der Waals surface area contributed by atoms with Crippen molar-refractivity contribution in [3.63, 3.8) is 0 Å². The second kappa shape index (κ2) is 13.9. The van der Waals surface area contributed by atoms with E-state index in [9.17, 15) is 29.1 Å². The molecule has 1 saturated heterocycles. The van der Waals surface area contributed by atoms with E-state index in [1.807, 2.05) is 12.1 Å². The molecule has 1 aliphatic carbocycles. The largest absolute Gasteiger partial charge is 0.384 e. The van der Waals surface area contributed by atoms with Gasteiger partial charge in [-0.1, -0.05) is 61.6 Å². The molecule has 2 aromatic heterocycles. The Bertz CT molecular complexity index is 1720. The number of nitrogens with two attached hydrogens (primary N) is 1. The first kappa shape index (κ1) is 33.5. The predicted molar refractivity (Wildman–Crippen MR) is 171 cm³/mol. The Hall–Kier alpha value is -4.85. The van der Waals surface area contributed by atoms with Crippen molar-refractivity contribution in [3.05, 3.63) is 54.1 Å². The average molecular weight is 645 g/mol. The fraction of sp³-hybridized carbons (Fsp3) is 0.485. The molecule has 1 aromatic carbocycles. The molecule has 47 heavy (non-hydrogen) atoms. The Labute approximate surface area is 271 Å². The highest BCUT2D eigenvalue weighted by molar-refractivity contribution is 6.41. The van der Waals surface area contributed by atoms with Crippen LogP contribution in [0, 0.1) is 5.92 Å². The number of aliphatic imine (C=N–C) groups is 1. The molecule has 14 nitrogen and oxygen atoms in total. The number of amides is 4. The highest BCUT2D eigenvalue weighted by Crippen LogP contribution is 2.33. The van der Waals surface area contributed by atoms with Gasteiger partial charge in [-0.3, -0.25) is 29.0 Å². The van der Waals surface area contributed by atoms with Crippen molar-refractivity contribution in [1.82, 2.24) is 30.2 Å². The number of nitrogens with zero attached hydrogens (tertiary/aromatic N) is 6. The third-order valence-corrected chi connectivity index (χ3v) is 8.95. The average Bonchev–Trinajstić information content (AvgIpc) is 3.72. The first-order valence-corrected chi connectivity index (χ1v) is 15.9. The van der Waals surface area contributed by atoms with Gasteiger partial charge in [-0.25, -0.2) is 9.67 Å². The normalized spacial score (nSPS) is 19.8. The Morgan fingerprint density at radius 2 is 1.83 bits per heavy atom. The monoisotopic (exact) mass is 644 g/mol. The molecular weight excluding hydrogens is 604 g/mol. The Morgan fingerprint density at radius 3 is 2.53 bits per heavy atom. The van der Waals surface area contributed by atoms with E-state index < -0.39 is 53.1 Å². The van der Waals surface area contributed by atoms with Crippen LogP contribution >= 0.6 is 0 Å². The van der Waals surface area contributed by atoms with Crippen molar-refractivity contribution in [2.75, 3.05) is 6.54 Å². The van der Waals surface area contributed by atoms with Crippen molar-refractivity contribution in [2.45, 2.75) is 89.4 Å². The topological polar surface area (TPSA) is 203 Å². The van der Waals surface area contributed by atoms with Crippen LogP contribution in [0.15, 0.2) is 47.7 Å². The van der Waals surface area contributed by atoms with Crippen molar-refractivity contribution >= 4 is 45.9 Å². The maximum absolute atomic E-state index is 14.5. The Morgan fingerprint density at radius 1 is 1.11 bits per heavy atom. The number of aliphatic hydroxyl groups is 1. The van der Waals surface area contributed by atoms with Crippen LogP contribution in [0.3, 0.4) is 0 Å². The van der Waals surface area contributed by atoms with Crippen LogP contribution in [0.4, 0.5) is 0 Å². The minimum Gasteiger partial charge on any atom is -0.384 e. The molecule has 2 fully saturated rings. The number of Topliss-reactive ketones (excluding diaryl/α,β-unsaturated/α-hetero) is 1. The number of primary amides is 1. The summed E-state index contributed by atoms with van der Waals surface area (Å²) in [6.07, 6.45) is 8.07. The van der Waals surface area contributed by atoms with Crippen LogP contribution in [0.25, 0.3) is 10.8 Å². The summed E-state index contributed by atoms with van der Waals surface area (Å²) in [5.74, 6) is -4.03. The molecule has 2 aliphatic rings. The van der Waals surface area contributed by atoms with E-state index in [0.717, 1.165) is 37.5 Å². The maximum atomic E-state index is 14.5. The molecule has 0 spiro atoms. The van der Waals surface area contributed by atoms with Gasteiger partial charge in [-0.05, 0) is 44.6 Å². The lowest BCUT2D eigenvalue weighted by molar-refractivity contribution is -0.139. The van der Waals surface area contributed by atoms with E-state index in [-0.39, 0.29) is 36.7 Å². The first-order chi connectivity index (χ1) is 22.3. The number of likely N-dealkylation sites (tertiary alicyclic amines) is 1. The van der Waals surface area contributed by atoms with Gasteiger partial charge in [0.2, 0.25) is 11.7 Å². The third-order valence-electron chi connectivity index (χ3n) is 8.95. The highest BCUT2D eigenvalue weighted by atomic mass is 16.3. The number of rotatable bonds is 10. The zero-order chi connectivity index (χ0) is 33.9. The van der Waals surface area contributed by atoms with Gasteiger partial charge in [0, 0.05) is 24.5 Å². The fourth-order valence-electron chi connectivity index (χ4n) is 6.48. The second-order valence-electron chi connectivity index (χ2n) is 12.9. The van der Waals surface area contributed by atoms with Gasteiger partial charge in [-0.2, -0.15) is 0 Å². The molecule has 3 aromatic rings. The summed E-state index contributed by atoms with van der Waals surface area (Å²) < 4.78 is 1.48. The number of ketones is 1. The van der Waals surface area contributed by atoms with Crippen molar-refractivity contribution in [3.8, 4) is 0 Å². The van der Waals surface area contributed by atoms with Gasteiger partial charge < -0.3 is 21.1 Å². The van der Waals surface area contributed by atoms with Crippen LogP contribution in [0.5, 0.6) is 0 Å². The SMILES string of the molecule is CC(NC(=O)[C@@H]1C[C@H](n2nncc2C(C)(C)O)CN1C(=O)C(CC1CCCCC1)=NC(=O)c1nccc2ccccc12)C(=O)C(N)=O. The van der Waals surface area contributed by atoms with Crippen LogP contribution < -0.4 is 11.1 Å². The zero-order valence-electron chi connectivity index (χ0n) is 26.8. The van der Waals surface area contributed by atoms with Gasteiger partial charge in [0.25, 0.3) is 17.7 Å². The maximum Gasteiger partial charge on any atom is 0.296 e. The van der Waals surface area contributed by atoms with Crippen molar-refractivity contribution in [1.29, 1.82) is 0 Å². The lowest BCUT2D eigenvalue weighted by atomic mass is 9.85. The Kier molecular flexibility index (Phi) is 9.89. The van der Waals surface area contributed by atoms with Gasteiger partial charge in [0.05, 0.1) is 24.0 Å². The first-order valence-electron chi connectivity index (χ1n) is 15.9. The van der Waals surface area contributed by atoms with Gasteiger partial charge >= 0.3 is 0 Å². The summed E-state index contributed by atoms with van der Waals surface area (Å²) in [5, 5.41) is 22.8. The summed E-state index contributed by atoms with van der Waals surface area (Å²) in [5.41, 5.74) is 4.32. The molecule has 4 amide bonds. The molecule has 0 bridgehead atoms. The molecule has 0 radical (unpaired) electrons. The number of nitrogens with one attached hydrogen (secondary N) is 1. The van der Waals surface area contributed by atoms with Crippen molar-refractivity contribution < 1.29 is 29.1 Å². The van der Waals surface area contributed by atoms with E-state index >= 15 is 0 Å². The van der Waals surface area contributed by atoms with Crippen molar-refractivity contribution in [2.24, 2.45) is 16.6 Å². The molecule has 3 atom stereocenters. The standard InChI is InChI=1S/C33H40N8O6/c1-19(28(42)29(34)43)37-30(44)25-16-22(41-26(17-36-39-41)33(2,3)47)18-40(25)32(46)24(15-20-9-5-4-6-10-20)38-31(45)27-23-12-8-7-11-21(23)13-14-35-27/h7-8,11-14,17,19-20,22,25,47H,4-6,9-10,15-16,18H2,1-3H3,(H2,34,43)(H,37,44)/t19?,22-,25-/m0/s1. The second-order valence-corrected chi connectivity index (χ2v) is 12.9. The quantitative estimate of drug-likeness (QED) is 0.218. The lowest BCUT2D eigenvalue weighted by Gasteiger charge is -2.27. The number of carbonyl (C=O) groups excluding carboxylic acids is 5. The molecule has 3 heterocycles. The smallest absolute Gasteiger partial charge is 0.296 e. The van der Waals surface area contributed by atoms with Crippen LogP contribution in [-0.2, 0) is 24.8 Å². The summed E-state index contributed by atoms with van der Waals surface area (Å²) >= 11 is 0. The number of fused-ring (bicyclic) bond motifs is 1. The molecule has 5 rings (SSSR count). The van der Waals surface area contributed by atoms with Gasteiger partial charge in [0.15, 0.2) is 0 Å². The molecule has 248 valence electrons. The number of hydrogen-bond acceptors (Lipinski definition) is 9. The molecule has 1 unspecified atom stereocenters. The molecule has 4 N–H and O–H groups in total. The molecule has 1 aliphatic heterocycles. The minimum atomic E-state index is -1.33. The predicted octanol–water partition coefficient (Wildman–Crippen LogP) is 2.01. The highest BCUT2D eigenvalue weighted by Gasteiger charge is 2.44. The van der Waals surface area contributed by atoms with Crippen LogP contribution in [-0.4, -0.2) is 83.7 Å². The number of aromatic nitrogens is 4. The number of pyridine rings is 1. The minimum absolute atomic E-state index is 0.0117. The van der Waals surface area contributed by atoms with E-state index in [0.29, 0.717) is 11.1 Å². The van der Waals surface area contributed by atoms with Crippen LogP contribution in [0.2, 0.25) is 0 Å². The Balaban J connectivity index is 1.52. The van der Waals surface area contributed by atoms with Gasteiger partial charge in [-0.15, -0.1) is 5.10 Å². The van der Waals surface area contributed by atoms with Gasteiger partial charge in [0.1, 0.15) is 23.0 Å². The summed E-state index contributed by atoms with van der Waals surface area (Å²) in [6.45, 7) is 4.46. The number of benzene rings is 1.